The summed E-state index contributed by atoms with van der Waals surface area (Å²) in [7, 11) is 0. The van der Waals surface area contributed by atoms with Gasteiger partial charge in [-0.1, -0.05) is 39.0 Å². The molecule has 23 heavy (non-hydrogen) atoms. The van der Waals surface area contributed by atoms with Crippen LogP contribution in [-0.4, -0.2) is 40.7 Å². The van der Waals surface area contributed by atoms with Gasteiger partial charge in [0.15, 0.2) is 0 Å². The molecule has 0 unspecified atom stereocenters. The Balaban J connectivity index is 2.09. The Kier molecular flexibility index (Phi) is 4.63. The number of nitrogens with zero attached hydrogens (tertiary/aromatic N) is 2. The van der Waals surface area contributed by atoms with Gasteiger partial charge in [0.1, 0.15) is 5.82 Å². The number of imide groups is 2. The molecule has 1 saturated heterocycles. The zero-order chi connectivity index (χ0) is 17.2. The number of hydrogen-bond donors (Lipinski definition) is 0. The maximum absolute atomic E-state index is 13.5. The van der Waals surface area contributed by atoms with Gasteiger partial charge < -0.3 is 0 Å². The van der Waals surface area contributed by atoms with Crippen molar-refractivity contribution in [1.82, 2.24) is 9.80 Å². The highest BCUT2D eigenvalue weighted by Gasteiger charge is 2.39. The van der Waals surface area contributed by atoms with Gasteiger partial charge in [-0.3, -0.25) is 19.4 Å². The van der Waals surface area contributed by atoms with Gasteiger partial charge in [-0.05, 0) is 12.1 Å². The highest BCUT2D eigenvalue weighted by molar-refractivity contribution is 6.08. The predicted molar refractivity (Wildman–Crippen MR) is 83.7 cm³/mol. The van der Waals surface area contributed by atoms with E-state index in [0.717, 1.165) is 15.9 Å². The van der Waals surface area contributed by atoms with Gasteiger partial charge in [0.25, 0.3) is 5.91 Å². The molecule has 4 amide bonds. The lowest BCUT2D eigenvalue weighted by atomic mass is 9.95. The van der Waals surface area contributed by atoms with E-state index in [4.69, 9.17) is 0 Å². The van der Waals surface area contributed by atoms with Crippen LogP contribution in [0.3, 0.4) is 0 Å². The summed E-state index contributed by atoms with van der Waals surface area (Å²) in [5.41, 5.74) is -0.437. The van der Waals surface area contributed by atoms with Crippen LogP contribution >= 0.6 is 0 Å². The molecule has 1 aliphatic rings. The van der Waals surface area contributed by atoms with E-state index < -0.39 is 23.2 Å². The van der Waals surface area contributed by atoms with E-state index in [0.29, 0.717) is 0 Å². The number of carbonyl (C=O) groups excluding carboxylic acids is 3. The molecule has 5 nitrogen and oxygen atoms in total. The Hall–Kier alpha value is -2.50. The molecular formula is C17H19FN2O3. The highest BCUT2D eigenvalue weighted by atomic mass is 19.1. The maximum Gasteiger partial charge on any atom is 0.333 e. The minimum Gasteiger partial charge on any atom is -0.274 e. The van der Waals surface area contributed by atoms with Crippen molar-refractivity contribution < 1.29 is 18.8 Å². The molecule has 1 aromatic carbocycles. The van der Waals surface area contributed by atoms with E-state index in [2.05, 4.69) is 0 Å². The lowest BCUT2D eigenvalue weighted by molar-refractivity contribution is -0.135. The average molecular weight is 318 g/mol. The fourth-order valence-corrected chi connectivity index (χ4v) is 2.20. The SMILES string of the molecule is CC(C)(C)C(=O)N1CCN(C(=O)/C=C/c2ccccc2F)C1=O. The second-order valence-corrected chi connectivity index (χ2v) is 6.33. The van der Waals surface area contributed by atoms with Gasteiger partial charge in [0, 0.05) is 30.1 Å². The van der Waals surface area contributed by atoms with Crippen molar-refractivity contribution in [3.8, 4) is 0 Å². The average Bonchev–Trinajstić information content (AvgIpc) is 2.86. The van der Waals surface area contributed by atoms with E-state index in [1.54, 1.807) is 32.9 Å². The number of amides is 4. The molecule has 0 saturated carbocycles. The number of carbonyl (C=O) groups is 3. The summed E-state index contributed by atoms with van der Waals surface area (Å²) >= 11 is 0. The molecule has 0 atom stereocenters. The first kappa shape index (κ1) is 16.9. The summed E-state index contributed by atoms with van der Waals surface area (Å²) in [4.78, 5) is 38.6. The first-order valence-electron chi connectivity index (χ1n) is 7.32. The minimum absolute atomic E-state index is 0.140. The molecule has 1 aliphatic heterocycles. The Labute approximate surface area is 134 Å². The van der Waals surface area contributed by atoms with Crippen LogP contribution in [0.5, 0.6) is 0 Å². The van der Waals surface area contributed by atoms with Crippen LogP contribution in [0.15, 0.2) is 30.3 Å². The molecule has 122 valence electrons. The van der Waals surface area contributed by atoms with Gasteiger partial charge in [-0.2, -0.15) is 0 Å². The molecule has 0 spiro atoms. The third-order valence-electron chi connectivity index (χ3n) is 3.47. The topological polar surface area (TPSA) is 57.7 Å². The standard InChI is InChI=1S/C17H19FN2O3/c1-17(2,3)15(22)20-11-10-19(16(20)23)14(21)9-8-12-6-4-5-7-13(12)18/h4-9H,10-11H2,1-3H3/b9-8+. The Morgan fingerprint density at radius 3 is 2.35 bits per heavy atom. The zero-order valence-electron chi connectivity index (χ0n) is 13.4. The van der Waals surface area contributed by atoms with Crippen LogP contribution in [-0.2, 0) is 9.59 Å². The second kappa shape index (κ2) is 6.32. The summed E-state index contributed by atoms with van der Waals surface area (Å²) in [6, 6.07) is 5.38. The maximum atomic E-state index is 13.5. The van der Waals surface area contributed by atoms with Crippen LogP contribution in [0, 0.1) is 11.2 Å². The molecule has 1 aromatic rings. The summed E-state index contributed by atoms with van der Waals surface area (Å²) < 4.78 is 13.5. The molecule has 0 bridgehead atoms. The summed E-state index contributed by atoms with van der Waals surface area (Å²) in [6.45, 7) is 5.46. The number of rotatable bonds is 2. The highest BCUT2D eigenvalue weighted by Crippen LogP contribution is 2.21. The number of halogens is 1. The Morgan fingerprint density at radius 2 is 1.74 bits per heavy atom. The zero-order valence-corrected chi connectivity index (χ0v) is 13.4. The minimum atomic E-state index is -0.697. The van der Waals surface area contributed by atoms with Crippen LogP contribution in [0.1, 0.15) is 26.3 Å². The van der Waals surface area contributed by atoms with Crippen LogP contribution in [0.2, 0.25) is 0 Å². The van der Waals surface area contributed by atoms with Crippen molar-refractivity contribution in [1.29, 1.82) is 0 Å². The van der Waals surface area contributed by atoms with Crippen molar-refractivity contribution in [2.24, 2.45) is 5.41 Å². The molecule has 1 fully saturated rings. The smallest absolute Gasteiger partial charge is 0.274 e. The third kappa shape index (κ3) is 3.64. The second-order valence-electron chi connectivity index (χ2n) is 6.33. The summed E-state index contributed by atoms with van der Waals surface area (Å²) in [5.74, 6) is -1.34. The fourth-order valence-electron chi connectivity index (χ4n) is 2.20. The molecule has 0 aromatic heterocycles. The molecule has 0 radical (unpaired) electrons. The van der Waals surface area contributed by atoms with Gasteiger partial charge in [0.2, 0.25) is 5.91 Å². The molecule has 2 rings (SSSR count). The number of urea groups is 1. The first-order chi connectivity index (χ1) is 10.7. The van der Waals surface area contributed by atoms with Crippen molar-refractivity contribution in [3.63, 3.8) is 0 Å². The Morgan fingerprint density at radius 1 is 1.13 bits per heavy atom. The molecule has 1 heterocycles. The van der Waals surface area contributed by atoms with E-state index in [9.17, 15) is 18.8 Å². The largest absolute Gasteiger partial charge is 0.333 e. The van der Waals surface area contributed by atoms with E-state index in [-0.39, 0.29) is 24.6 Å². The quantitative estimate of drug-likeness (QED) is 0.788. The van der Waals surface area contributed by atoms with Crippen LogP contribution in [0.25, 0.3) is 6.08 Å². The predicted octanol–water partition coefficient (Wildman–Crippen LogP) is 2.68. The van der Waals surface area contributed by atoms with Crippen LogP contribution < -0.4 is 0 Å². The van der Waals surface area contributed by atoms with Crippen molar-refractivity contribution in [3.05, 3.63) is 41.7 Å². The molecule has 0 aliphatic carbocycles. The van der Waals surface area contributed by atoms with Gasteiger partial charge >= 0.3 is 6.03 Å². The lowest BCUT2D eigenvalue weighted by Gasteiger charge is -2.23. The molecule has 0 N–H and O–H groups in total. The van der Waals surface area contributed by atoms with Crippen LogP contribution in [0.4, 0.5) is 9.18 Å². The first-order valence-corrected chi connectivity index (χ1v) is 7.32. The normalized spacial score (nSPS) is 15.6. The molecular weight excluding hydrogens is 299 g/mol. The summed E-state index contributed by atoms with van der Waals surface area (Å²) in [5, 5.41) is 0. The fraction of sp³-hybridized carbons (Fsp3) is 0.353. The van der Waals surface area contributed by atoms with Gasteiger partial charge in [0.05, 0.1) is 0 Å². The van der Waals surface area contributed by atoms with E-state index in [1.807, 2.05) is 0 Å². The third-order valence-corrected chi connectivity index (χ3v) is 3.47. The molecule has 6 heteroatoms. The van der Waals surface area contributed by atoms with Gasteiger partial charge in [-0.25, -0.2) is 9.18 Å². The lowest BCUT2D eigenvalue weighted by Crippen LogP contribution is -2.43. The number of benzene rings is 1. The monoisotopic (exact) mass is 318 g/mol. The number of hydrogen-bond acceptors (Lipinski definition) is 3. The van der Waals surface area contributed by atoms with Crippen molar-refractivity contribution >= 4 is 23.9 Å². The van der Waals surface area contributed by atoms with Crippen molar-refractivity contribution in [2.45, 2.75) is 20.8 Å². The van der Waals surface area contributed by atoms with E-state index in [1.165, 1.54) is 18.2 Å². The Bertz CT molecular complexity index is 677. The van der Waals surface area contributed by atoms with Gasteiger partial charge in [-0.15, -0.1) is 0 Å². The van der Waals surface area contributed by atoms with Crippen molar-refractivity contribution in [2.75, 3.05) is 13.1 Å². The van der Waals surface area contributed by atoms with E-state index >= 15 is 0 Å². The summed E-state index contributed by atoms with van der Waals surface area (Å²) in [6.07, 6.45) is 2.46.